The number of nitrogens with one attached hydrogen (secondary N) is 1. The zero-order valence-corrected chi connectivity index (χ0v) is 12.4. The van der Waals surface area contributed by atoms with Gasteiger partial charge < -0.3 is 10.1 Å². The fourth-order valence-corrected chi connectivity index (χ4v) is 3.59. The highest BCUT2D eigenvalue weighted by Crippen LogP contribution is 2.32. The van der Waals surface area contributed by atoms with E-state index in [9.17, 15) is 0 Å². The normalized spacial score (nSPS) is 20.1. The summed E-state index contributed by atoms with van der Waals surface area (Å²) in [4.78, 5) is 0. The van der Waals surface area contributed by atoms with Gasteiger partial charge in [0.05, 0.1) is 11.8 Å². The molecule has 1 fully saturated rings. The summed E-state index contributed by atoms with van der Waals surface area (Å²) in [5.74, 6) is 0. The standard InChI is InChI=1S/C12H15Br2NO/c1-8-5-10(13)12(11(14)6-8)15-7-9-3-2-4-16-9/h5-6,9,15H,2-4,7H2,1H3. The molecule has 1 saturated heterocycles. The largest absolute Gasteiger partial charge is 0.381 e. The third-order valence-corrected chi connectivity index (χ3v) is 3.97. The Kier molecular flexibility index (Phi) is 4.27. The number of anilines is 1. The van der Waals surface area contributed by atoms with E-state index in [1.165, 1.54) is 12.0 Å². The first-order chi connectivity index (χ1) is 7.66. The summed E-state index contributed by atoms with van der Waals surface area (Å²) < 4.78 is 7.77. The van der Waals surface area contributed by atoms with Gasteiger partial charge in [-0.3, -0.25) is 0 Å². The van der Waals surface area contributed by atoms with Gasteiger partial charge in [-0.05, 0) is 69.3 Å². The van der Waals surface area contributed by atoms with Crippen LogP contribution in [-0.4, -0.2) is 19.3 Å². The van der Waals surface area contributed by atoms with E-state index < -0.39 is 0 Å². The van der Waals surface area contributed by atoms with Gasteiger partial charge in [0, 0.05) is 22.1 Å². The maximum atomic E-state index is 5.59. The van der Waals surface area contributed by atoms with Crippen LogP contribution in [0.4, 0.5) is 5.69 Å². The Labute approximate surface area is 113 Å². The predicted molar refractivity (Wildman–Crippen MR) is 74.0 cm³/mol. The fourth-order valence-electron chi connectivity index (χ4n) is 1.89. The lowest BCUT2D eigenvalue weighted by molar-refractivity contribution is 0.120. The molecule has 2 rings (SSSR count). The molecule has 2 nitrogen and oxygen atoms in total. The van der Waals surface area contributed by atoms with E-state index in [4.69, 9.17) is 4.74 Å². The molecule has 0 aliphatic carbocycles. The van der Waals surface area contributed by atoms with Crippen molar-refractivity contribution in [3.05, 3.63) is 26.6 Å². The van der Waals surface area contributed by atoms with E-state index in [-0.39, 0.29) is 0 Å². The van der Waals surface area contributed by atoms with Crippen molar-refractivity contribution in [2.45, 2.75) is 25.9 Å². The first kappa shape index (κ1) is 12.4. The lowest BCUT2D eigenvalue weighted by Crippen LogP contribution is -2.18. The fraction of sp³-hybridized carbons (Fsp3) is 0.500. The third-order valence-electron chi connectivity index (χ3n) is 2.72. The van der Waals surface area contributed by atoms with Crippen molar-refractivity contribution >= 4 is 37.5 Å². The number of benzene rings is 1. The molecule has 1 aromatic carbocycles. The zero-order valence-electron chi connectivity index (χ0n) is 9.22. The SMILES string of the molecule is Cc1cc(Br)c(NCC2CCCO2)c(Br)c1. The topological polar surface area (TPSA) is 21.3 Å². The molecule has 0 radical (unpaired) electrons. The number of rotatable bonds is 3. The highest BCUT2D eigenvalue weighted by atomic mass is 79.9. The molecular weight excluding hydrogens is 334 g/mol. The number of halogens is 2. The van der Waals surface area contributed by atoms with Gasteiger partial charge in [0.25, 0.3) is 0 Å². The maximum Gasteiger partial charge on any atom is 0.0748 e. The second kappa shape index (κ2) is 5.52. The van der Waals surface area contributed by atoms with E-state index in [0.717, 1.165) is 34.2 Å². The van der Waals surface area contributed by atoms with Gasteiger partial charge in [-0.1, -0.05) is 0 Å². The lowest BCUT2D eigenvalue weighted by atomic mass is 10.2. The molecule has 4 heteroatoms. The van der Waals surface area contributed by atoms with Crippen LogP contribution < -0.4 is 5.32 Å². The Morgan fingerprint density at radius 3 is 2.62 bits per heavy atom. The molecule has 0 saturated carbocycles. The summed E-state index contributed by atoms with van der Waals surface area (Å²) in [6, 6.07) is 4.23. The predicted octanol–water partition coefficient (Wildman–Crippen LogP) is 4.11. The Morgan fingerprint density at radius 1 is 1.38 bits per heavy atom. The Balaban J connectivity index is 2.03. The molecule has 0 amide bonds. The molecule has 16 heavy (non-hydrogen) atoms. The van der Waals surface area contributed by atoms with Crippen molar-refractivity contribution < 1.29 is 4.74 Å². The molecule has 1 aliphatic rings. The van der Waals surface area contributed by atoms with Crippen LogP contribution >= 0.6 is 31.9 Å². The average molecular weight is 349 g/mol. The molecule has 0 bridgehead atoms. The molecule has 1 N–H and O–H groups in total. The summed E-state index contributed by atoms with van der Waals surface area (Å²) in [6.07, 6.45) is 2.71. The summed E-state index contributed by atoms with van der Waals surface area (Å²) in [5, 5.41) is 3.43. The second-order valence-electron chi connectivity index (χ2n) is 4.12. The van der Waals surface area contributed by atoms with E-state index in [0.29, 0.717) is 6.10 Å². The zero-order chi connectivity index (χ0) is 11.5. The summed E-state index contributed by atoms with van der Waals surface area (Å²) in [5.41, 5.74) is 2.35. The molecule has 0 spiro atoms. The lowest BCUT2D eigenvalue weighted by Gasteiger charge is -2.15. The summed E-state index contributed by atoms with van der Waals surface area (Å²) >= 11 is 7.15. The van der Waals surface area contributed by atoms with Crippen molar-refractivity contribution in [1.82, 2.24) is 0 Å². The van der Waals surface area contributed by atoms with Gasteiger partial charge in [0.15, 0.2) is 0 Å². The molecule has 88 valence electrons. The van der Waals surface area contributed by atoms with Crippen molar-refractivity contribution in [3.8, 4) is 0 Å². The number of aryl methyl sites for hydroxylation is 1. The van der Waals surface area contributed by atoms with Gasteiger partial charge in [-0.2, -0.15) is 0 Å². The molecule has 0 aromatic heterocycles. The quantitative estimate of drug-likeness (QED) is 0.887. The minimum atomic E-state index is 0.361. The minimum Gasteiger partial charge on any atom is -0.381 e. The van der Waals surface area contributed by atoms with Crippen molar-refractivity contribution in [2.24, 2.45) is 0 Å². The number of ether oxygens (including phenoxy) is 1. The Bertz CT molecular complexity index is 352. The first-order valence-corrected chi connectivity index (χ1v) is 7.06. The van der Waals surface area contributed by atoms with E-state index >= 15 is 0 Å². The minimum absolute atomic E-state index is 0.361. The van der Waals surface area contributed by atoms with Crippen LogP contribution in [0.15, 0.2) is 21.1 Å². The third kappa shape index (κ3) is 2.99. The van der Waals surface area contributed by atoms with Crippen molar-refractivity contribution in [1.29, 1.82) is 0 Å². The van der Waals surface area contributed by atoms with Gasteiger partial charge >= 0.3 is 0 Å². The maximum absolute atomic E-state index is 5.59. The van der Waals surface area contributed by atoms with Gasteiger partial charge in [-0.25, -0.2) is 0 Å². The van der Waals surface area contributed by atoms with Gasteiger partial charge in [0.1, 0.15) is 0 Å². The van der Waals surface area contributed by atoms with Crippen LogP contribution in [0, 0.1) is 6.92 Å². The highest BCUT2D eigenvalue weighted by molar-refractivity contribution is 9.11. The van der Waals surface area contributed by atoms with E-state index in [1.807, 2.05) is 0 Å². The second-order valence-corrected chi connectivity index (χ2v) is 5.83. The Morgan fingerprint density at radius 2 is 2.06 bits per heavy atom. The van der Waals surface area contributed by atoms with Gasteiger partial charge in [-0.15, -0.1) is 0 Å². The van der Waals surface area contributed by atoms with Crippen LogP contribution in [0.3, 0.4) is 0 Å². The smallest absolute Gasteiger partial charge is 0.0748 e. The van der Waals surface area contributed by atoms with Gasteiger partial charge in [0.2, 0.25) is 0 Å². The van der Waals surface area contributed by atoms with Crippen LogP contribution in [0.2, 0.25) is 0 Å². The number of hydrogen-bond acceptors (Lipinski definition) is 2. The molecular formula is C12H15Br2NO. The highest BCUT2D eigenvalue weighted by Gasteiger charge is 2.16. The molecule has 1 heterocycles. The van der Waals surface area contributed by atoms with E-state index in [1.54, 1.807) is 0 Å². The summed E-state index contributed by atoms with van der Waals surface area (Å²) in [6.45, 7) is 3.86. The van der Waals surface area contributed by atoms with Crippen LogP contribution in [0.1, 0.15) is 18.4 Å². The monoisotopic (exact) mass is 347 g/mol. The van der Waals surface area contributed by atoms with Crippen LogP contribution in [0.5, 0.6) is 0 Å². The molecule has 1 aliphatic heterocycles. The molecule has 1 aromatic rings. The van der Waals surface area contributed by atoms with Crippen molar-refractivity contribution in [3.63, 3.8) is 0 Å². The van der Waals surface area contributed by atoms with E-state index in [2.05, 4.69) is 56.2 Å². The molecule has 1 atom stereocenters. The Hall–Kier alpha value is -0.0600. The first-order valence-electron chi connectivity index (χ1n) is 5.48. The molecule has 1 unspecified atom stereocenters. The van der Waals surface area contributed by atoms with Crippen molar-refractivity contribution in [2.75, 3.05) is 18.5 Å². The summed E-state index contributed by atoms with van der Waals surface area (Å²) in [7, 11) is 0. The van der Waals surface area contributed by atoms with Crippen LogP contribution in [0.25, 0.3) is 0 Å². The number of hydrogen-bond donors (Lipinski definition) is 1. The average Bonchev–Trinajstić information content (AvgIpc) is 2.68. The van der Waals surface area contributed by atoms with Crippen LogP contribution in [-0.2, 0) is 4.74 Å².